The highest BCUT2D eigenvalue weighted by molar-refractivity contribution is 7.80. The fourth-order valence-electron chi connectivity index (χ4n) is 1.89. The Kier molecular flexibility index (Phi) is 5.22. The van der Waals surface area contributed by atoms with Crippen LogP contribution in [0.4, 0.5) is 10.1 Å². The molecule has 0 saturated carbocycles. The van der Waals surface area contributed by atoms with Gasteiger partial charge in [-0.05, 0) is 60.1 Å². The van der Waals surface area contributed by atoms with Crippen molar-refractivity contribution in [3.8, 4) is 0 Å². The van der Waals surface area contributed by atoms with Crippen LogP contribution < -0.4 is 10.6 Å². The number of anilines is 1. The summed E-state index contributed by atoms with van der Waals surface area (Å²) in [7, 11) is 0. The zero-order chi connectivity index (χ0) is 16.1. The normalized spacial score (nSPS) is 10.4. The Labute approximate surface area is 134 Å². The van der Waals surface area contributed by atoms with E-state index >= 15 is 0 Å². The smallest absolute Gasteiger partial charge is 0.257 e. The van der Waals surface area contributed by atoms with Gasteiger partial charge in [-0.2, -0.15) is 0 Å². The van der Waals surface area contributed by atoms with Gasteiger partial charge in [0, 0.05) is 11.3 Å². The number of halogens is 1. The molecule has 3 nitrogen and oxygen atoms in total. The predicted molar refractivity (Wildman–Crippen MR) is 90.6 cm³/mol. The van der Waals surface area contributed by atoms with E-state index in [-0.39, 0.29) is 16.8 Å². The lowest BCUT2D eigenvalue weighted by Crippen LogP contribution is -2.34. The quantitative estimate of drug-likeness (QED) is 0.839. The Bertz CT molecular complexity index is 666. The van der Waals surface area contributed by atoms with Gasteiger partial charge < -0.3 is 5.32 Å². The lowest BCUT2D eigenvalue weighted by atomic mass is 10.0. The molecule has 2 N–H and O–H groups in total. The third-order valence-corrected chi connectivity index (χ3v) is 3.37. The van der Waals surface area contributed by atoms with Crippen LogP contribution in [0.5, 0.6) is 0 Å². The van der Waals surface area contributed by atoms with Gasteiger partial charge >= 0.3 is 0 Å². The van der Waals surface area contributed by atoms with E-state index in [4.69, 9.17) is 12.2 Å². The van der Waals surface area contributed by atoms with Crippen LogP contribution in [0.25, 0.3) is 0 Å². The fourth-order valence-corrected chi connectivity index (χ4v) is 2.10. The summed E-state index contributed by atoms with van der Waals surface area (Å²) in [5.41, 5.74) is 2.32. The van der Waals surface area contributed by atoms with Gasteiger partial charge in [0.05, 0.1) is 0 Å². The number of benzene rings is 2. The van der Waals surface area contributed by atoms with Crippen molar-refractivity contribution in [2.24, 2.45) is 0 Å². The Morgan fingerprint density at radius 1 is 1.05 bits per heavy atom. The Balaban J connectivity index is 1.96. The number of rotatable bonds is 3. The summed E-state index contributed by atoms with van der Waals surface area (Å²) in [6.07, 6.45) is 0. The molecule has 0 bridgehead atoms. The molecule has 0 aromatic heterocycles. The topological polar surface area (TPSA) is 41.1 Å². The highest BCUT2D eigenvalue weighted by Gasteiger charge is 2.08. The van der Waals surface area contributed by atoms with Crippen LogP contribution in [0.3, 0.4) is 0 Å². The monoisotopic (exact) mass is 316 g/mol. The van der Waals surface area contributed by atoms with Crippen LogP contribution in [0.2, 0.25) is 0 Å². The molecule has 114 valence electrons. The lowest BCUT2D eigenvalue weighted by Gasteiger charge is -2.10. The van der Waals surface area contributed by atoms with Crippen LogP contribution in [-0.2, 0) is 0 Å². The molecule has 0 atom stereocenters. The van der Waals surface area contributed by atoms with Crippen molar-refractivity contribution in [3.05, 3.63) is 65.5 Å². The highest BCUT2D eigenvalue weighted by Crippen LogP contribution is 2.14. The van der Waals surface area contributed by atoms with Crippen LogP contribution in [0, 0.1) is 5.82 Å². The van der Waals surface area contributed by atoms with Gasteiger partial charge in [0.1, 0.15) is 5.82 Å². The standard InChI is InChI=1S/C17H17FN2OS/c1-11(2)12-3-5-13(6-4-12)16(21)20-17(22)19-15-9-7-14(18)8-10-15/h3-11H,1-2H3,(H2,19,20,21,22). The predicted octanol–water partition coefficient (Wildman–Crippen LogP) is 4.08. The summed E-state index contributed by atoms with van der Waals surface area (Å²) in [4.78, 5) is 12.1. The molecule has 0 saturated heterocycles. The van der Waals surface area contributed by atoms with E-state index < -0.39 is 0 Å². The fraction of sp³-hybridized carbons (Fsp3) is 0.176. The molecule has 22 heavy (non-hydrogen) atoms. The van der Waals surface area contributed by atoms with Gasteiger partial charge in [0.25, 0.3) is 5.91 Å². The van der Waals surface area contributed by atoms with Gasteiger partial charge in [-0.1, -0.05) is 26.0 Å². The molecule has 0 fully saturated rings. The number of hydrogen-bond donors (Lipinski definition) is 2. The Hall–Kier alpha value is -2.27. The van der Waals surface area contributed by atoms with Gasteiger partial charge in [-0.3, -0.25) is 10.1 Å². The molecule has 0 aliphatic rings. The first-order chi connectivity index (χ1) is 10.5. The molecule has 0 aliphatic heterocycles. The van der Waals surface area contributed by atoms with Crippen LogP contribution >= 0.6 is 12.2 Å². The number of carbonyl (C=O) groups excluding carboxylic acids is 1. The van der Waals surface area contributed by atoms with Crippen molar-refractivity contribution in [1.82, 2.24) is 5.32 Å². The van der Waals surface area contributed by atoms with E-state index in [1.165, 1.54) is 17.7 Å². The van der Waals surface area contributed by atoms with Crippen molar-refractivity contribution in [1.29, 1.82) is 0 Å². The van der Waals surface area contributed by atoms with Crippen molar-refractivity contribution in [3.63, 3.8) is 0 Å². The van der Waals surface area contributed by atoms with Crippen molar-refractivity contribution < 1.29 is 9.18 Å². The Morgan fingerprint density at radius 3 is 2.18 bits per heavy atom. The molecule has 0 spiro atoms. The molecule has 0 radical (unpaired) electrons. The minimum Gasteiger partial charge on any atom is -0.332 e. The van der Waals surface area contributed by atoms with Crippen molar-refractivity contribution in [2.75, 3.05) is 5.32 Å². The maximum absolute atomic E-state index is 12.8. The van der Waals surface area contributed by atoms with Gasteiger partial charge in [0.2, 0.25) is 0 Å². The Morgan fingerprint density at radius 2 is 1.64 bits per heavy atom. The second kappa shape index (κ2) is 7.13. The number of amides is 1. The SMILES string of the molecule is CC(C)c1ccc(C(=O)NC(=S)Nc2ccc(F)cc2)cc1. The minimum absolute atomic E-state index is 0.171. The molecule has 2 rings (SSSR count). The largest absolute Gasteiger partial charge is 0.332 e. The van der Waals surface area contributed by atoms with E-state index in [0.29, 0.717) is 17.2 Å². The molecular weight excluding hydrogens is 299 g/mol. The van der Waals surface area contributed by atoms with Crippen LogP contribution in [0.1, 0.15) is 35.7 Å². The molecule has 0 unspecified atom stereocenters. The van der Waals surface area contributed by atoms with E-state index in [2.05, 4.69) is 24.5 Å². The van der Waals surface area contributed by atoms with Gasteiger partial charge in [0.15, 0.2) is 5.11 Å². The zero-order valence-electron chi connectivity index (χ0n) is 12.4. The summed E-state index contributed by atoms with van der Waals surface area (Å²) in [6.45, 7) is 4.19. The molecule has 5 heteroatoms. The third-order valence-electron chi connectivity index (χ3n) is 3.17. The number of hydrogen-bond acceptors (Lipinski definition) is 2. The first-order valence-electron chi connectivity index (χ1n) is 6.93. The third kappa shape index (κ3) is 4.36. The molecule has 1 amide bonds. The zero-order valence-corrected chi connectivity index (χ0v) is 13.2. The van der Waals surface area contributed by atoms with E-state index in [0.717, 1.165) is 0 Å². The van der Waals surface area contributed by atoms with Gasteiger partial charge in [-0.25, -0.2) is 4.39 Å². The van der Waals surface area contributed by atoms with E-state index in [1.54, 1.807) is 24.3 Å². The number of thiocarbonyl (C=S) groups is 1. The van der Waals surface area contributed by atoms with Crippen molar-refractivity contribution in [2.45, 2.75) is 19.8 Å². The van der Waals surface area contributed by atoms with Crippen LogP contribution in [0.15, 0.2) is 48.5 Å². The van der Waals surface area contributed by atoms with Crippen molar-refractivity contribution >= 4 is 28.9 Å². The van der Waals surface area contributed by atoms with Crippen LogP contribution in [-0.4, -0.2) is 11.0 Å². The maximum Gasteiger partial charge on any atom is 0.257 e. The molecule has 0 heterocycles. The molecule has 2 aromatic carbocycles. The molecular formula is C17H17FN2OS. The van der Waals surface area contributed by atoms with Gasteiger partial charge in [-0.15, -0.1) is 0 Å². The first-order valence-corrected chi connectivity index (χ1v) is 7.34. The summed E-state index contributed by atoms with van der Waals surface area (Å²) >= 11 is 5.08. The summed E-state index contributed by atoms with van der Waals surface area (Å²) in [5, 5.41) is 5.60. The van der Waals surface area contributed by atoms with E-state index in [9.17, 15) is 9.18 Å². The maximum atomic E-state index is 12.8. The second-order valence-electron chi connectivity index (χ2n) is 5.19. The first kappa shape index (κ1) is 16.1. The minimum atomic E-state index is -0.328. The lowest BCUT2D eigenvalue weighted by molar-refractivity contribution is 0.0977. The number of nitrogens with one attached hydrogen (secondary N) is 2. The molecule has 0 aliphatic carbocycles. The summed E-state index contributed by atoms with van der Waals surface area (Å²) < 4.78 is 12.8. The average molecular weight is 316 g/mol. The summed E-state index contributed by atoms with van der Waals surface area (Å²) in [5.74, 6) is -0.195. The average Bonchev–Trinajstić information content (AvgIpc) is 2.49. The summed E-state index contributed by atoms with van der Waals surface area (Å²) in [6, 6.07) is 13.1. The second-order valence-corrected chi connectivity index (χ2v) is 5.60. The number of carbonyl (C=O) groups is 1. The molecule has 2 aromatic rings. The van der Waals surface area contributed by atoms with E-state index in [1.807, 2.05) is 12.1 Å². The highest BCUT2D eigenvalue weighted by atomic mass is 32.1.